The molecular formula is C17H21ClN2O3S2. The van der Waals surface area contributed by atoms with Crippen LogP contribution in [0.5, 0.6) is 0 Å². The highest BCUT2D eigenvalue weighted by atomic mass is 35.5. The van der Waals surface area contributed by atoms with Gasteiger partial charge in [0, 0.05) is 29.5 Å². The molecular weight excluding hydrogens is 380 g/mol. The van der Waals surface area contributed by atoms with Crippen LogP contribution in [0.4, 0.5) is 0 Å². The van der Waals surface area contributed by atoms with Crippen molar-refractivity contribution in [1.82, 2.24) is 9.62 Å². The minimum absolute atomic E-state index is 0.0184. The molecule has 8 heteroatoms. The standard InChI is InChI=1S/C17H21ClN2O3S2/c18-15-5-2-1-4-14(15)13-25(21,22)19-12-16(17-6-3-11-24-17)20-7-9-23-10-8-20/h1-6,11,16,19H,7-10,12-13H2. The van der Waals surface area contributed by atoms with E-state index in [1.165, 1.54) is 0 Å². The predicted octanol–water partition coefficient (Wildman–Crippen LogP) is 2.89. The fourth-order valence-electron chi connectivity index (χ4n) is 2.86. The summed E-state index contributed by atoms with van der Waals surface area (Å²) in [4.78, 5) is 3.43. The number of sulfonamides is 1. The predicted molar refractivity (Wildman–Crippen MR) is 102 cm³/mol. The smallest absolute Gasteiger partial charge is 0.215 e. The second-order valence-corrected chi connectivity index (χ2v) is 9.07. The van der Waals surface area contributed by atoms with Crippen LogP contribution in [0.25, 0.3) is 0 Å². The zero-order chi connectivity index (χ0) is 17.7. The average Bonchev–Trinajstić information content (AvgIpc) is 3.12. The van der Waals surface area contributed by atoms with Crippen molar-refractivity contribution in [2.45, 2.75) is 11.8 Å². The van der Waals surface area contributed by atoms with E-state index in [-0.39, 0.29) is 11.8 Å². The van der Waals surface area contributed by atoms with Crippen LogP contribution >= 0.6 is 22.9 Å². The second-order valence-electron chi connectivity index (χ2n) is 5.88. The van der Waals surface area contributed by atoms with Crippen LogP contribution in [0.2, 0.25) is 5.02 Å². The van der Waals surface area contributed by atoms with Crippen molar-refractivity contribution in [3.8, 4) is 0 Å². The zero-order valence-electron chi connectivity index (χ0n) is 13.7. The number of ether oxygens (including phenoxy) is 1. The number of rotatable bonds is 7. The van der Waals surface area contributed by atoms with Gasteiger partial charge in [-0.15, -0.1) is 11.3 Å². The number of morpholine rings is 1. The van der Waals surface area contributed by atoms with Crippen molar-refractivity contribution in [2.75, 3.05) is 32.8 Å². The molecule has 0 spiro atoms. The Kier molecular flexibility index (Phi) is 6.49. The molecule has 0 amide bonds. The summed E-state index contributed by atoms with van der Waals surface area (Å²) in [6.07, 6.45) is 0. The van der Waals surface area contributed by atoms with E-state index >= 15 is 0 Å². The Morgan fingerprint density at radius 2 is 1.96 bits per heavy atom. The molecule has 1 atom stereocenters. The summed E-state index contributed by atoms with van der Waals surface area (Å²) in [7, 11) is -3.47. The Balaban J connectivity index is 1.68. The lowest BCUT2D eigenvalue weighted by Gasteiger charge is -2.34. The minimum atomic E-state index is -3.47. The van der Waals surface area contributed by atoms with Gasteiger partial charge >= 0.3 is 0 Å². The van der Waals surface area contributed by atoms with Crippen molar-refractivity contribution < 1.29 is 13.2 Å². The van der Waals surface area contributed by atoms with Gasteiger partial charge in [0.1, 0.15) is 0 Å². The molecule has 0 bridgehead atoms. The Morgan fingerprint density at radius 3 is 2.64 bits per heavy atom. The van der Waals surface area contributed by atoms with Gasteiger partial charge < -0.3 is 4.74 Å². The quantitative estimate of drug-likeness (QED) is 0.776. The number of nitrogens with zero attached hydrogens (tertiary/aromatic N) is 1. The summed E-state index contributed by atoms with van der Waals surface area (Å²) < 4.78 is 33.2. The van der Waals surface area contributed by atoms with Crippen molar-refractivity contribution in [3.05, 3.63) is 57.2 Å². The first-order chi connectivity index (χ1) is 12.1. The first kappa shape index (κ1) is 18.8. The number of hydrogen-bond acceptors (Lipinski definition) is 5. The van der Waals surface area contributed by atoms with Gasteiger partial charge in [-0.3, -0.25) is 4.90 Å². The number of thiophene rings is 1. The molecule has 0 aliphatic carbocycles. The maximum absolute atomic E-state index is 12.5. The summed E-state index contributed by atoms with van der Waals surface area (Å²) in [6, 6.07) is 11.1. The highest BCUT2D eigenvalue weighted by Crippen LogP contribution is 2.26. The van der Waals surface area contributed by atoms with Crippen molar-refractivity contribution in [1.29, 1.82) is 0 Å². The molecule has 2 heterocycles. The summed E-state index contributed by atoms with van der Waals surface area (Å²) >= 11 is 7.73. The molecule has 1 aliphatic rings. The molecule has 3 rings (SSSR count). The van der Waals surface area contributed by atoms with Crippen molar-refractivity contribution in [3.63, 3.8) is 0 Å². The lowest BCUT2D eigenvalue weighted by atomic mass is 10.2. The Bertz CT molecular complexity index is 775. The third kappa shape index (κ3) is 5.26. The molecule has 5 nitrogen and oxygen atoms in total. The van der Waals surface area contributed by atoms with E-state index in [0.717, 1.165) is 18.0 Å². The van der Waals surface area contributed by atoms with Crippen LogP contribution in [0, 0.1) is 0 Å². The summed E-state index contributed by atoms with van der Waals surface area (Å²) in [5, 5.41) is 2.48. The normalized spacial score (nSPS) is 17.5. The van der Waals surface area contributed by atoms with E-state index in [0.29, 0.717) is 30.3 Å². The third-order valence-electron chi connectivity index (χ3n) is 4.16. The number of hydrogen-bond donors (Lipinski definition) is 1. The van der Waals surface area contributed by atoms with E-state index in [1.807, 2.05) is 17.5 Å². The summed E-state index contributed by atoms with van der Waals surface area (Å²) in [5.41, 5.74) is 0.607. The van der Waals surface area contributed by atoms with Crippen molar-refractivity contribution >= 4 is 33.0 Å². The first-order valence-corrected chi connectivity index (χ1v) is 11.0. The average molecular weight is 401 g/mol. The van der Waals surface area contributed by atoms with Gasteiger partial charge in [0.25, 0.3) is 0 Å². The van der Waals surface area contributed by atoms with Gasteiger partial charge in [0.2, 0.25) is 10.0 Å². The molecule has 0 radical (unpaired) electrons. The molecule has 2 aromatic rings. The van der Waals surface area contributed by atoms with Crippen LogP contribution in [0.3, 0.4) is 0 Å². The van der Waals surface area contributed by atoms with Gasteiger partial charge in [-0.1, -0.05) is 35.9 Å². The van der Waals surface area contributed by atoms with Gasteiger partial charge in [-0.05, 0) is 23.1 Å². The van der Waals surface area contributed by atoms with E-state index in [2.05, 4.69) is 9.62 Å². The number of nitrogens with one attached hydrogen (secondary N) is 1. The molecule has 1 aromatic carbocycles. The monoisotopic (exact) mass is 400 g/mol. The highest BCUT2D eigenvalue weighted by Gasteiger charge is 2.25. The fourth-order valence-corrected chi connectivity index (χ4v) is 5.17. The lowest BCUT2D eigenvalue weighted by molar-refractivity contribution is 0.0179. The fraction of sp³-hybridized carbons (Fsp3) is 0.412. The van der Waals surface area contributed by atoms with Crippen LogP contribution < -0.4 is 4.72 Å². The van der Waals surface area contributed by atoms with Gasteiger partial charge in [0.15, 0.2) is 0 Å². The third-order valence-corrected chi connectivity index (χ3v) is 6.80. The zero-order valence-corrected chi connectivity index (χ0v) is 16.1. The van der Waals surface area contributed by atoms with Crippen LogP contribution in [-0.4, -0.2) is 46.2 Å². The van der Waals surface area contributed by atoms with Crippen LogP contribution in [0.15, 0.2) is 41.8 Å². The van der Waals surface area contributed by atoms with Crippen molar-refractivity contribution in [2.24, 2.45) is 0 Å². The Morgan fingerprint density at radius 1 is 1.20 bits per heavy atom. The molecule has 1 aromatic heterocycles. The van der Waals surface area contributed by atoms with E-state index in [9.17, 15) is 8.42 Å². The maximum atomic E-state index is 12.5. The minimum Gasteiger partial charge on any atom is -0.379 e. The molecule has 1 N–H and O–H groups in total. The molecule has 1 saturated heterocycles. The number of halogens is 1. The molecule has 136 valence electrons. The molecule has 0 saturated carbocycles. The number of benzene rings is 1. The summed E-state index contributed by atoms with van der Waals surface area (Å²) in [6.45, 7) is 3.29. The first-order valence-electron chi connectivity index (χ1n) is 8.11. The highest BCUT2D eigenvalue weighted by molar-refractivity contribution is 7.88. The van der Waals surface area contributed by atoms with Gasteiger partial charge in [-0.2, -0.15) is 0 Å². The molecule has 1 unspecified atom stereocenters. The van der Waals surface area contributed by atoms with Gasteiger partial charge in [-0.25, -0.2) is 13.1 Å². The Labute approximate surface area is 157 Å². The molecule has 1 fully saturated rings. The van der Waals surface area contributed by atoms with E-state index in [1.54, 1.807) is 35.6 Å². The van der Waals surface area contributed by atoms with E-state index in [4.69, 9.17) is 16.3 Å². The largest absolute Gasteiger partial charge is 0.379 e. The Hall–Kier alpha value is -0.960. The topological polar surface area (TPSA) is 58.6 Å². The summed E-state index contributed by atoms with van der Waals surface area (Å²) in [5.74, 6) is -0.118. The maximum Gasteiger partial charge on any atom is 0.215 e. The SMILES string of the molecule is O=S(=O)(Cc1ccccc1Cl)NCC(c1cccs1)N1CCOCC1. The lowest BCUT2D eigenvalue weighted by Crippen LogP contribution is -2.43. The van der Waals surface area contributed by atoms with Gasteiger partial charge in [0.05, 0.1) is 25.0 Å². The molecule has 25 heavy (non-hydrogen) atoms. The van der Waals surface area contributed by atoms with Crippen LogP contribution in [-0.2, 0) is 20.5 Å². The second kappa shape index (κ2) is 8.62. The molecule has 1 aliphatic heterocycles. The van der Waals surface area contributed by atoms with E-state index < -0.39 is 10.0 Å². The van der Waals surface area contributed by atoms with Crippen LogP contribution in [0.1, 0.15) is 16.5 Å².